The summed E-state index contributed by atoms with van der Waals surface area (Å²) in [7, 11) is 0. The molecule has 6 heteroatoms. The van der Waals surface area contributed by atoms with Crippen LogP contribution in [-0.4, -0.2) is 42.2 Å². The summed E-state index contributed by atoms with van der Waals surface area (Å²) < 4.78 is 17.8. The van der Waals surface area contributed by atoms with E-state index in [9.17, 15) is 10.2 Å². The molecule has 2 aliphatic rings. The zero-order chi connectivity index (χ0) is 21.3. The van der Waals surface area contributed by atoms with Crippen molar-refractivity contribution in [3.05, 3.63) is 57.6 Å². The van der Waals surface area contributed by atoms with E-state index in [0.29, 0.717) is 54.9 Å². The Balaban J connectivity index is 1.70. The van der Waals surface area contributed by atoms with Gasteiger partial charge in [0.15, 0.2) is 11.5 Å². The highest BCUT2D eigenvalue weighted by Gasteiger charge is 2.34. The van der Waals surface area contributed by atoms with E-state index in [1.165, 1.54) is 5.56 Å². The van der Waals surface area contributed by atoms with Crippen molar-refractivity contribution >= 4 is 11.6 Å². The SMILES string of the molecule is CC(C)c1ccc(Cc2cc(C3CC(O)CC(CO)O3)c3c(c2Cl)OCCO3)cc1. The number of ether oxygens (including phenoxy) is 3. The molecule has 4 rings (SSSR count). The van der Waals surface area contributed by atoms with E-state index in [4.69, 9.17) is 25.8 Å². The van der Waals surface area contributed by atoms with Crippen molar-refractivity contribution in [2.45, 2.75) is 57.3 Å². The largest absolute Gasteiger partial charge is 0.486 e. The Morgan fingerprint density at radius 3 is 2.43 bits per heavy atom. The molecular weight excluding hydrogens is 404 g/mol. The smallest absolute Gasteiger partial charge is 0.180 e. The van der Waals surface area contributed by atoms with Crippen LogP contribution in [0.15, 0.2) is 30.3 Å². The van der Waals surface area contributed by atoms with Crippen molar-refractivity contribution in [3.63, 3.8) is 0 Å². The van der Waals surface area contributed by atoms with Crippen molar-refractivity contribution in [2.24, 2.45) is 0 Å². The Kier molecular flexibility index (Phi) is 6.54. The molecule has 0 aliphatic carbocycles. The van der Waals surface area contributed by atoms with Crippen LogP contribution < -0.4 is 9.47 Å². The van der Waals surface area contributed by atoms with Gasteiger partial charge in [0.25, 0.3) is 0 Å². The van der Waals surface area contributed by atoms with E-state index in [2.05, 4.69) is 38.1 Å². The van der Waals surface area contributed by atoms with Gasteiger partial charge >= 0.3 is 0 Å². The Hall–Kier alpha value is -1.79. The minimum absolute atomic E-state index is 0.129. The predicted octanol–water partition coefficient (Wildman–Crippen LogP) is 4.40. The summed E-state index contributed by atoms with van der Waals surface area (Å²) >= 11 is 6.72. The Morgan fingerprint density at radius 2 is 1.77 bits per heavy atom. The summed E-state index contributed by atoms with van der Waals surface area (Å²) in [6.07, 6.45) is 0.191. The van der Waals surface area contributed by atoms with Crippen LogP contribution in [0.1, 0.15) is 61.0 Å². The molecule has 1 saturated heterocycles. The van der Waals surface area contributed by atoms with Gasteiger partial charge in [0, 0.05) is 18.4 Å². The third kappa shape index (κ3) is 4.45. The molecule has 0 amide bonds. The van der Waals surface area contributed by atoms with Crippen molar-refractivity contribution < 1.29 is 24.4 Å². The van der Waals surface area contributed by atoms with Crippen LogP contribution in [0.25, 0.3) is 0 Å². The van der Waals surface area contributed by atoms with Gasteiger partial charge in [-0.2, -0.15) is 0 Å². The summed E-state index contributed by atoms with van der Waals surface area (Å²) in [5.74, 6) is 1.61. The van der Waals surface area contributed by atoms with Crippen LogP contribution in [0.2, 0.25) is 5.02 Å². The fourth-order valence-corrected chi connectivity index (χ4v) is 4.44. The third-order valence-corrected chi connectivity index (χ3v) is 6.24. The molecule has 2 aromatic rings. The Morgan fingerprint density at radius 1 is 1.07 bits per heavy atom. The summed E-state index contributed by atoms with van der Waals surface area (Å²) in [4.78, 5) is 0. The summed E-state index contributed by atoms with van der Waals surface area (Å²) in [6.45, 7) is 5.10. The predicted molar refractivity (Wildman–Crippen MR) is 116 cm³/mol. The highest BCUT2D eigenvalue weighted by atomic mass is 35.5. The first-order valence-electron chi connectivity index (χ1n) is 10.6. The molecular formula is C24H29ClO5. The molecule has 0 radical (unpaired) electrons. The first-order valence-corrected chi connectivity index (χ1v) is 11.0. The van der Waals surface area contributed by atoms with Crippen molar-refractivity contribution in [2.75, 3.05) is 19.8 Å². The summed E-state index contributed by atoms with van der Waals surface area (Å²) in [5, 5.41) is 20.4. The van der Waals surface area contributed by atoms with Gasteiger partial charge in [-0.3, -0.25) is 0 Å². The highest BCUT2D eigenvalue weighted by Crippen LogP contribution is 2.47. The van der Waals surface area contributed by atoms with Crippen molar-refractivity contribution in [3.8, 4) is 11.5 Å². The number of halogens is 1. The van der Waals surface area contributed by atoms with Crippen molar-refractivity contribution in [1.29, 1.82) is 0 Å². The molecule has 1 fully saturated rings. The highest BCUT2D eigenvalue weighted by molar-refractivity contribution is 6.33. The van der Waals surface area contributed by atoms with Crippen LogP contribution in [0.3, 0.4) is 0 Å². The fraction of sp³-hybridized carbons (Fsp3) is 0.500. The third-order valence-electron chi connectivity index (χ3n) is 5.82. The summed E-state index contributed by atoms with van der Waals surface area (Å²) in [6, 6.07) is 10.6. The van der Waals surface area contributed by atoms with Gasteiger partial charge in [0.1, 0.15) is 13.2 Å². The molecule has 2 aliphatic heterocycles. The van der Waals surface area contributed by atoms with Gasteiger partial charge in [0.05, 0.1) is 29.9 Å². The molecule has 3 unspecified atom stereocenters. The number of rotatable bonds is 5. The average molecular weight is 433 g/mol. The van der Waals surface area contributed by atoms with Gasteiger partial charge in [-0.15, -0.1) is 0 Å². The second kappa shape index (κ2) is 9.15. The second-order valence-electron chi connectivity index (χ2n) is 8.42. The standard InChI is InChI=1S/C24H29ClO5/c1-14(2)16-5-3-15(4-6-16)9-17-10-20(21-12-18(27)11-19(13-26)30-21)23-24(22(17)25)29-8-7-28-23/h3-6,10,14,18-19,21,26-27H,7-9,11-13H2,1-2H3. The van der Waals surface area contributed by atoms with E-state index in [1.807, 2.05) is 6.07 Å². The van der Waals surface area contributed by atoms with Crippen molar-refractivity contribution in [1.82, 2.24) is 0 Å². The maximum atomic E-state index is 10.3. The van der Waals surface area contributed by atoms with E-state index < -0.39 is 12.2 Å². The molecule has 162 valence electrons. The van der Waals surface area contributed by atoms with E-state index in [-0.39, 0.29) is 12.7 Å². The van der Waals surface area contributed by atoms with Crippen LogP contribution in [-0.2, 0) is 11.2 Å². The molecule has 0 spiro atoms. The summed E-state index contributed by atoms with van der Waals surface area (Å²) in [5.41, 5.74) is 4.20. The van der Waals surface area contributed by atoms with Gasteiger partial charge in [-0.1, -0.05) is 49.7 Å². The Labute approximate surface area is 182 Å². The first-order chi connectivity index (χ1) is 14.5. The monoisotopic (exact) mass is 432 g/mol. The quantitative estimate of drug-likeness (QED) is 0.733. The Bertz CT molecular complexity index is 880. The number of aliphatic hydroxyl groups excluding tert-OH is 2. The molecule has 2 aromatic carbocycles. The number of aliphatic hydroxyl groups is 2. The molecule has 3 atom stereocenters. The number of benzene rings is 2. The molecule has 30 heavy (non-hydrogen) atoms. The number of hydrogen-bond acceptors (Lipinski definition) is 5. The fourth-order valence-electron chi connectivity index (χ4n) is 4.17. The number of fused-ring (bicyclic) bond motifs is 1. The zero-order valence-electron chi connectivity index (χ0n) is 17.4. The molecule has 0 aromatic heterocycles. The zero-order valence-corrected chi connectivity index (χ0v) is 18.2. The molecule has 2 heterocycles. The van der Waals surface area contributed by atoms with Crippen LogP contribution in [0.4, 0.5) is 0 Å². The lowest BCUT2D eigenvalue weighted by molar-refractivity contribution is -0.114. The minimum Gasteiger partial charge on any atom is -0.486 e. The second-order valence-corrected chi connectivity index (χ2v) is 8.80. The lowest BCUT2D eigenvalue weighted by atomic mass is 9.92. The lowest BCUT2D eigenvalue weighted by Crippen LogP contribution is -2.34. The van der Waals surface area contributed by atoms with Crippen LogP contribution in [0.5, 0.6) is 11.5 Å². The van der Waals surface area contributed by atoms with E-state index in [1.54, 1.807) is 0 Å². The lowest BCUT2D eigenvalue weighted by Gasteiger charge is -2.34. The minimum atomic E-state index is -0.538. The number of hydrogen-bond donors (Lipinski definition) is 2. The van der Waals surface area contributed by atoms with E-state index >= 15 is 0 Å². The average Bonchev–Trinajstić information content (AvgIpc) is 2.75. The maximum Gasteiger partial charge on any atom is 0.180 e. The van der Waals surface area contributed by atoms with Crippen LogP contribution in [0, 0.1) is 0 Å². The maximum absolute atomic E-state index is 10.3. The van der Waals surface area contributed by atoms with Gasteiger partial charge < -0.3 is 24.4 Å². The van der Waals surface area contributed by atoms with E-state index in [0.717, 1.165) is 16.7 Å². The van der Waals surface area contributed by atoms with Gasteiger partial charge in [-0.25, -0.2) is 0 Å². The van der Waals surface area contributed by atoms with Gasteiger partial charge in [0.2, 0.25) is 0 Å². The molecule has 0 saturated carbocycles. The van der Waals surface area contributed by atoms with Gasteiger partial charge in [-0.05, 0) is 35.1 Å². The molecule has 5 nitrogen and oxygen atoms in total. The molecule has 2 N–H and O–H groups in total. The topological polar surface area (TPSA) is 68.2 Å². The first kappa shape index (κ1) is 21.4. The normalized spacial score (nSPS) is 23.6. The van der Waals surface area contributed by atoms with Crippen LogP contribution >= 0.6 is 11.6 Å². The molecule has 0 bridgehead atoms.